The molecule has 1 aliphatic rings. The molecule has 170 valence electrons. The Bertz CT molecular complexity index is 1050. The van der Waals surface area contributed by atoms with Crippen LogP contribution in [0, 0.1) is 0 Å². The number of carbonyl (C=O) groups is 1. The molecule has 1 aliphatic heterocycles. The Hall–Kier alpha value is -2.19. The first kappa shape index (κ1) is 23.0. The molecule has 32 heavy (non-hydrogen) atoms. The number of amides is 1. The van der Waals surface area contributed by atoms with Crippen LogP contribution in [-0.4, -0.2) is 61.3 Å². The molecule has 0 bridgehead atoms. The van der Waals surface area contributed by atoms with Gasteiger partial charge in [0.25, 0.3) is 5.91 Å². The van der Waals surface area contributed by atoms with Gasteiger partial charge in [-0.05, 0) is 62.7 Å². The lowest BCUT2D eigenvalue weighted by Crippen LogP contribution is -2.39. The largest absolute Gasteiger partial charge is 0.491 e. The van der Waals surface area contributed by atoms with Crippen molar-refractivity contribution in [3.63, 3.8) is 0 Å². The molecule has 0 spiro atoms. The molecule has 0 radical (unpaired) electrons. The van der Waals surface area contributed by atoms with Crippen LogP contribution in [0.25, 0.3) is 10.2 Å². The third-order valence-corrected chi connectivity index (χ3v) is 6.52. The Morgan fingerprint density at radius 2 is 1.97 bits per heavy atom. The van der Waals surface area contributed by atoms with Crippen molar-refractivity contribution in [2.75, 3.05) is 44.3 Å². The molecule has 1 aromatic heterocycles. The summed E-state index contributed by atoms with van der Waals surface area (Å²) in [6, 6.07) is 12.9. The van der Waals surface area contributed by atoms with E-state index in [1.807, 2.05) is 56.3 Å². The number of rotatable bonds is 8. The highest BCUT2D eigenvalue weighted by Crippen LogP contribution is 2.32. The summed E-state index contributed by atoms with van der Waals surface area (Å²) in [4.78, 5) is 22.4. The average Bonchev–Trinajstić information content (AvgIpc) is 3.20. The van der Waals surface area contributed by atoms with E-state index in [1.165, 1.54) is 11.3 Å². The minimum atomic E-state index is -0.0618. The first-order valence-corrected chi connectivity index (χ1v) is 12.1. The lowest BCUT2D eigenvalue weighted by molar-refractivity contribution is 0.0376. The quantitative estimate of drug-likeness (QED) is 0.455. The van der Waals surface area contributed by atoms with Crippen LogP contribution >= 0.6 is 22.9 Å². The molecular formula is C24H28ClN3O3S. The lowest BCUT2D eigenvalue weighted by Gasteiger charge is -2.27. The Balaban J connectivity index is 1.54. The van der Waals surface area contributed by atoms with Crippen LogP contribution in [0.2, 0.25) is 5.02 Å². The van der Waals surface area contributed by atoms with E-state index in [-0.39, 0.29) is 12.0 Å². The number of hydrogen-bond donors (Lipinski definition) is 0. The van der Waals surface area contributed by atoms with Crippen LogP contribution in [0.1, 0.15) is 30.6 Å². The maximum atomic E-state index is 13.5. The number of ether oxygens (including phenoxy) is 2. The Kier molecular flexibility index (Phi) is 7.63. The smallest absolute Gasteiger partial charge is 0.260 e. The number of fused-ring (bicyclic) bond motifs is 1. The molecule has 1 fully saturated rings. The van der Waals surface area contributed by atoms with E-state index in [2.05, 4.69) is 4.90 Å². The van der Waals surface area contributed by atoms with Gasteiger partial charge in [-0.1, -0.05) is 22.9 Å². The van der Waals surface area contributed by atoms with Gasteiger partial charge in [0.2, 0.25) is 0 Å². The molecule has 0 saturated carbocycles. The standard InChI is InChI=1S/C24H28ClN3O3S/c1-17(2)31-20-7-4-18(5-8-20)23(29)28(11-3-10-27-12-14-30-15-13-27)24-26-21-9-6-19(25)16-22(21)32-24/h4-9,16-17H,3,10-15H2,1-2H3. The summed E-state index contributed by atoms with van der Waals surface area (Å²) >= 11 is 7.65. The maximum Gasteiger partial charge on any atom is 0.260 e. The average molecular weight is 474 g/mol. The molecule has 0 atom stereocenters. The van der Waals surface area contributed by atoms with Gasteiger partial charge in [0, 0.05) is 36.8 Å². The predicted octanol–water partition coefficient (Wildman–Crippen LogP) is 5.11. The van der Waals surface area contributed by atoms with Crippen molar-refractivity contribution in [3.05, 3.63) is 53.1 Å². The highest BCUT2D eigenvalue weighted by molar-refractivity contribution is 7.22. The van der Waals surface area contributed by atoms with Gasteiger partial charge in [-0.15, -0.1) is 0 Å². The van der Waals surface area contributed by atoms with Crippen molar-refractivity contribution in [1.82, 2.24) is 9.88 Å². The highest BCUT2D eigenvalue weighted by Gasteiger charge is 2.22. The van der Waals surface area contributed by atoms with Gasteiger partial charge in [0.1, 0.15) is 5.75 Å². The van der Waals surface area contributed by atoms with Crippen LogP contribution in [0.4, 0.5) is 5.13 Å². The number of carbonyl (C=O) groups excluding carboxylic acids is 1. The molecule has 6 nitrogen and oxygen atoms in total. The number of anilines is 1. The predicted molar refractivity (Wildman–Crippen MR) is 130 cm³/mol. The van der Waals surface area contributed by atoms with Crippen molar-refractivity contribution in [1.29, 1.82) is 0 Å². The molecule has 3 aromatic rings. The minimum absolute atomic E-state index is 0.0618. The molecule has 2 aromatic carbocycles. The third kappa shape index (κ3) is 5.78. The van der Waals surface area contributed by atoms with Gasteiger partial charge in [-0.25, -0.2) is 4.98 Å². The van der Waals surface area contributed by atoms with E-state index in [1.54, 1.807) is 4.90 Å². The zero-order valence-electron chi connectivity index (χ0n) is 18.4. The van der Waals surface area contributed by atoms with E-state index in [9.17, 15) is 4.79 Å². The van der Waals surface area contributed by atoms with E-state index >= 15 is 0 Å². The van der Waals surface area contributed by atoms with E-state index in [4.69, 9.17) is 26.1 Å². The molecule has 0 aliphatic carbocycles. The van der Waals surface area contributed by atoms with Gasteiger partial charge in [-0.3, -0.25) is 14.6 Å². The topological polar surface area (TPSA) is 54.9 Å². The zero-order chi connectivity index (χ0) is 22.5. The van der Waals surface area contributed by atoms with Crippen LogP contribution < -0.4 is 9.64 Å². The van der Waals surface area contributed by atoms with Crippen LogP contribution in [0.5, 0.6) is 5.75 Å². The van der Waals surface area contributed by atoms with Crippen LogP contribution in [0.3, 0.4) is 0 Å². The summed E-state index contributed by atoms with van der Waals surface area (Å²) < 4.78 is 12.1. The van der Waals surface area contributed by atoms with Gasteiger partial charge in [-0.2, -0.15) is 0 Å². The van der Waals surface area contributed by atoms with Crippen LogP contribution in [0.15, 0.2) is 42.5 Å². The number of halogens is 1. The third-order valence-electron chi connectivity index (χ3n) is 5.25. The number of morpholine rings is 1. The normalized spacial score (nSPS) is 14.8. The van der Waals surface area contributed by atoms with E-state index in [0.29, 0.717) is 22.3 Å². The van der Waals surface area contributed by atoms with Gasteiger partial charge < -0.3 is 9.47 Å². The fourth-order valence-corrected chi connectivity index (χ4v) is 4.93. The molecular weight excluding hydrogens is 446 g/mol. The summed E-state index contributed by atoms with van der Waals surface area (Å²) in [6.45, 7) is 8.89. The van der Waals surface area contributed by atoms with Crippen molar-refractivity contribution in [2.45, 2.75) is 26.4 Å². The molecule has 4 rings (SSSR count). The van der Waals surface area contributed by atoms with Gasteiger partial charge in [0.05, 0.1) is 29.5 Å². The van der Waals surface area contributed by atoms with Crippen molar-refractivity contribution in [3.8, 4) is 5.75 Å². The number of hydrogen-bond acceptors (Lipinski definition) is 6. The summed E-state index contributed by atoms with van der Waals surface area (Å²) in [5.74, 6) is 0.693. The van der Waals surface area contributed by atoms with E-state index < -0.39 is 0 Å². The number of nitrogens with zero attached hydrogens (tertiary/aromatic N) is 3. The monoisotopic (exact) mass is 473 g/mol. The van der Waals surface area contributed by atoms with Crippen LogP contribution in [-0.2, 0) is 4.74 Å². The maximum absolute atomic E-state index is 13.5. The molecule has 0 N–H and O–H groups in total. The second-order valence-corrected chi connectivity index (χ2v) is 9.51. The van der Waals surface area contributed by atoms with Crippen molar-refractivity contribution in [2.24, 2.45) is 0 Å². The SMILES string of the molecule is CC(C)Oc1ccc(C(=O)N(CCCN2CCOCC2)c2nc3ccc(Cl)cc3s2)cc1. The fraction of sp³-hybridized carbons (Fsp3) is 0.417. The van der Waals surface area contributed by atoms with Crippen molar-refractivity contribution >= 4 is 44.2 Å². The number of aromatic nitrogens is 1. The van der Waals surface area contributed by atoms with Crippen molar-refractivity contribution < 1.29 is 14.3 Å². The first-order valence-electron chi connectivity index (χ1n) is 10.9. The summed E-state index contributed by atoms with van der Waals surface area (Å²) in [7, 11) is 0. The second kappa shape index (κ2) is 10.6. The van der Waals surface area contributed by atoms with Gasteiger partial charge >= 0.3 is 0 Å². The molecule has 2 heterocycles. The Labute approximate surface area is 197 Å². The number of thiazole rings is 1. The molecule has 8 heteroatoms. The molecule has 1 saturated heterocycles. The Morgan fingerprint density at radius 3 is 2.69 bits per heavy atom. The number of benzene rings is 2. The Morgan fingerprint density at radius 1 is 1.22 bits per heavy atom. The molecule has 1 amide bonds. The van der Waals surface area contributed by atoms with E-state index in [0.717, 1.165) is 55.2 Å². The summed E-state index contributed by atoms with van der Waals surface area (Å²) in [6.07, 6.45) is 0.944. The molecule has 0 unspecified atom stereocenters. The highest BCUT2D eigenvalue weighted by atomic mass is 35.5. The summed E-state index contributed by atoms with van der Waals surface area (Å²) in [5, 5.41) is 1.36. The first-order chi connectivity index (χ1) is 15.5. The zero-order valence-corrected chi connectivity index (χ0v) is 20.0. The second-order valence-electron chi connectivity index (χ2n) is 8.06. The lowest BCUT2D eigenvalue weighted by atomic mass is 10.2. The summed E-state index contributed by atoms with van der Waals surface area (Å²) in [5.41, 5.74) is 1.46. The van der Waals surface area contributed by atoms with Gasteiger partial charge in [0.15, 0.2) is 5.13 Å². The minimum Gasteiger partial charge on any atom is -0.491 e. The fourth-order valence-electron chi connectivity index (χ4n) is 3.67.